The molecule has 2 aromatic heterocycles. The quantitative estimate of drug-likeness (QED) is 0.672. The molecule has 13 heavy (non-hydrogen) atoms. The van der Waals surface area contributed by atoms with Crippen LogP contribution in [0.3, 0.4) is 0 Å². The van der Waals surface area contributed by atoms with Gasteiger partial charge in [-0.2, -0.15) is 4.68 Å². The molecule has 0 amide bonds. The second-order valence-electron chi connectivity index (χ2n) is 2.40. The van der Waals surface area contributed by atoms with Crippen LogP contribution in [0.25, 0.3) is 5.82 Å². The van der Waals surface area contributed by atoms with Gasteiger partial charge >= 0.3 is 0 Å². The zero-order valence-corrected chi connectivity index (χ0v) is 6.70. The minimum Gasteiger partial charge on any atom is -0.390 e. The zero-order valence-electron chi connectivity index (χ0n) is 6.70. The summed E-state index contributed by atoms with van der Waals surface area (Å²) in [6.07, 6.45) is 1.45. The molecule has 6 heteroatoms. The van der Waals surface area contributed by atoms with E-state index in [9.17, 15) is 0 Å². The van der Waals surface area contributed by atoms with Crippen molar-refractivity contribution in [3.05, 3.63) is 30.2 Å². The Morgan fingerprint density at radius 1 is 1.38 bits per heavy atom. The van der Waals surface area contributed by atoms with Crippen LogP contribution in [0.5, 0.6) is 0 Å². The molecule has 2 rings (SSSR count). The maximum absolute atomic E-state index is 8.84. The van der Waals surface area contributed by atoms with Gasteiger partial charge < -0.3 is 5.11 Å². The zero-order chi connectivity index (χ0) is 9.10. The van der Waals surface area contributed by atoms with E-state index in [0.29, 0.717) is 11.5 Å². The van der Waals surface area contributed by atoms with Crippen LogP contribution in [-0.2, 0) is 6.61 Å². The molecule has 0 radical (unpaired) electrons. The van der Waals surface area contributed by atoms with Gasteiger partial charge in [-0.05, 0) is 22.6 Å². The van der Waals surface area contributed by atoms with E-state index in [1.54, 1.807) is 18.2 Å². The first kappa shape index (κ1) is 7.81. The van der Waals surface area contributed by atoms with Crippen LogP contribution in [0.4, 0.5) is 0 Å². The fraction of sp³-hybridized carbons (Fsp3) is 0.143. The number of hydrogen-bond acceptors (Lipinski definition) is 5. The number of nitrogens with zero attached hydrogens (tertiary/aromatic N) is 5. The fourth-order valence-corrected chi connectivity index (χ4v) is 0.949. The summed E-state index contributed by atoms with van der Waals surface area (Å²) in [6.45, 7) is -0.0873. The molecule has 6 nitrogen and oxygen atoms in total. The van der Waals surface area contributed by atoms with Crippen LogP contribution in [0, 0.1) is 0 Å². The van der Waals surface area contributed by atoms with Gasteiger partial charge in [0.2, 0.25) is 0 Å². The van der Waals surface area contributed by atoms with Crippen molar-refractivity contribution >= 4 is 0 Å². The molecule has 0 atom stereocenters. The highest BCUT2D eigenvalue weighted by Crippen LogP contribution is 2.02. The first-order valence-corrected chi connectivity index (χ1v) is 3.70. The van der Waals surface area contributed by atoms with Gasteiger partial charge in [-0.15, -0.1) is 5.10 Å². The summed E-state index contributed by atoms with van der Waals surface area (Å²) < 4.78 is 1.43. The van der Waals surface area contributed by atoms with Crippen molar-refractivity contribution in [3.63, 3.8) is 0 Å². The van der Waals surface area contributed by atoms with Crippen molar-refractivity contribution in [2.75, 3.05) is 0 Å². The number of tetrazole rings is 1. The Morgan fingerprint density at radius 2 is 2.31 bits per heavy atom. The molecule has 66 valence electrons. The molecule has 2 aromatic rings. The minimum absolute atomic E-state index is 0.0873. The van der Waals surface area contributed by atoms with Crippen molar-refractivity contribution in [3.8, 4) is 5.82 Å². The van der Waals surface area contributed by atoms with Gasteiger partial charge in [0, 0.05) is 0 Å². The summed E-state index contributed by atoms with van der Waals surface area (Å²) in [6, 6.07) is 5.28. The van der Waals surface area contributed by atoms with Gasteiger partial charge in [-0.1, -0.05) is 6.07 Å². The first-order valence-electron chi connectivity index (χ1n) is 3.70. The lowest BCUT2D eigenvalue weighted by Gasteiger charge is -1.99. The Labute approximate surface area is 73.9 Å². The predicted molar refractivity (Wildman–Crippen MR) is 42.9 cm³/mol. The lowest BCUT2D eigenvalue weighted by atomic mass is 10.3. The van der Waals surface area contributed by atoms with Gasteiger partial charge in [-0.25, -0.2) is 4.98 Å². The molecule has 0 saturated carbocycles. The van der Waals surface area contributed by atoms with Gasteiger partial charge in [0.1, 0.15) is 6.33 Å². The van der Waals surface area contributed by atoms with Gasteiger partial charge in [0.15, 0.2) is 5.82 Å². The number of aromatic nitrogens is 5. The van der Waals surface area contributed by atoms with E-state index < -0.39 is 0 Å². The summed E-state index contributed by atoms with van der Waals surface area (Å²) in [5.41, 5.74) is 0.591. The molecule has 0 aliphatic heterocycles. The molecule has 0 bridgehead atoms. The number of pyridine rings is 1. The number of hydrogen-bond donors (Lipinski definition) is 1. The number of rotatable bonds is 2. The van der Waals surface area contributed by atoms with Crippen molar-refractivity contribution < 1.29 is 5.11 Å². The molecule has 0 unspecified atom stereocenters. The molecule has 0 aromatic carbocycles. The van der Waals surface area contributed by atoms with Crippen molar-refractivity contribution in [2.24, 2.45) is 0 Å². The lowest BCUT2D eigenvalue weighted by molar-refractivity contribution is 0.276. The molecular weight excluding hydrogens is 170 g/mol. The number of aliphatic hydroxyl groups excluding tert-OH is 1. The van der Waals surface area contributed by atoms with Crippen LogP contribution >= 0.6 is 0 Å². The topological polar surface area (TPSA) is 76.7 Å². The van der Waals surface area contributed by atoms with E-state index in [4.69, 9.17) is 5.11 Å². The van der Waals surface area contributed by atoms with E-state index in [1.807, 2.05) is 0 Å². The molecule has 0 aliphatic rings. The van der Waals surface area contributed by atoms with E-state index in [2.05, 4.69) is 20.5 Å². The van der Waals surface area contributed by atoms with E-state index in [0.717, 1.165) is 0 Å². The first-order chi connectivity index (χ1) is 6.40. The predicted octanol–water partition coefficient (Wildman–Crippen LogP) is -0.450. The van der Waals surface area contributed by atoms with Crippen LogP contribution in [0.15, 0.2) is 24.5 Å². The fourth-order valence-electron chi connectivity index (χ4n) is 0.949. The SMILES string of the molecule is OCc1cccc(-n2cnnn2)n1. The second kappa shape index (κ2) is 3.28. The van der Waals surface area contributed by atoms with Gasteiger partial charge in [-0.3, -0.25) is 0 Å². The monoisotopic (exact) mass is 177 g/mol. The molecule has 0 aliphatic carbocycles. The second-order valence-corrected chi connectivity index (χ2v) is 2.40. The molecular formula is C7H7N5O. The van der Waals surface area contributed by atoms with Crippen LogP contribution in [0.2, 0.25) is 0 Å². The Kier molecular flexibility index (Phi) is 1.97. The van der Waals surface area contributed by atoms with Crippen LogP contribution in [0.1, 0.15) is 5.69 Å². The third kappa shape index (κ3) is 1.52. The summed E-state index contributed by atoms with van der Waals surface area (Å²) in [4.78, 5) is 4.10. The normalized spacial score (nSPS) is 10.2. The van der Waals surface area contributed by atoms with Gasteiger partial charge in [0.05, 0.1) is 12.3 Å². The highest BCUT2D eigenvalue weighted by Gasteiger charge is 1.99. The maximum Gasteiger partial charge on any atom is 0.157 e. The van der Waals surface area contributed by atoms with Crippen molar-refractivity contribution in [2.45, 2.75) is 6.61 Å². The largest absolute Gasteiger partial charge is 0.390 e. The highest BCUT2D eigenvalue weighted by molar-refractivity contribution is 5.21. The van der Waals surface area contributed by atoms with Crippen LogP contribution < -0.4 is 0 Å². The summed E-state index contributed by atoms with van der Waals surface area (Å²) >= 11 is 0. The summed E-state index contributed by atoms with van der Waals surface area (Å²) in [7, 11) is 0. The maximum atomic E-state index is 8.84. The van der Waals surface area contributed by atoms with Crippen molar-refractivity contribution in [1.82, 2.24) is 25.2 Å². The average molecular weight is 177 g/mol. The molecule has 1 N–H and O–H groups in total. The summed E-state index contributed by atoms with van der Waals surface area (Å²) in [5.74, 6) is 0.594. The van der Waals surface area contributed by atoms with E-state index in [1.165, 1.54) is 11.0 Å². The third-order valence-corrected chi connectivity index (χ3v) is 1.54. The Morgan fingerprint density at radius 3 is 3.00 bits per heavy atom. The standard InChI is InChI=1S/C7H7N5O/c13-4-6-2-1-3-7(9-6)12-5-8-10-11-12/h1-3,5,13H,4H2. The smallest absolute Gasteiger partial charge is 0.157 e. The Balaban J connectivity index is 2.41. The Bertz CT molecular complexity index is 386. The molecule has 2 heterocycles. The number of aliphatic hydroxyl groups is 1. The van der Waals surface area contributed by atoms with Crippen molar-refractivity contribution in [1.29, 1.82) is 0 Å². The minimum atomic E-state index is -0.0873. The molecule has 0 fully saturated rings. The average Bonchev–Trinajstić information content (AvgIpc) is 2.71. The van der Waals surface area contributed by atoms with E-state index in [-0.39, 0.29) is 6.61 Å². The van der Waals surface area contributed by atoms with E-state index >= 15 is 0 Å². The highest BCUT2D eigenvalue weighted by atomic mass is 16.3. The summed E-state index contributed by atoms with van der Waals surface area (Å²) in [5, 5.41) is 19.5. The third-order valence-electron chi connectivity index (χ3n) is 1.54. The Hall–Kier alpha value is -1.82. The van der Waals surface area contributed by atoms with Crippen LogP contribution in [-0.4, -0.2) is 30.3 Å². The van der Waals surface area contributed by atoms with Gasteiger partial charge in [0.25, 0.3) is 0 Å². The lowest BCUT2D eigenvalue weighted by Crippen LogP contribution is -2.00. The molecule has 0 saturated heterocycles. The molecule has 0 spiro atoms.